The molecular weight excluding hydrogens is 450 g/mol. The molecule has 0 saturated carbocycles. The Bertz CT molecular complexity index is 1490. The van der Waals surface area contributed by atoms with Gasteiger partial charge in [-0.1, -0.05) is 71.3 Å². The minimum atomic E-state index is -0.483. The van der Waals surface area contributed by atoms with Crippen LogP contribution in [0.15, 0.2) is 84.9 Å². The van der Waals surface area contributed by atoms with E-state index < -0.39 is 11.8 Å². The fourth-order valence-electron chi connectivity index (χ4n) is 4.33. The SMILES string of the molecule is Cc1ccc(C(=O)c2cc(C(=O)c3ccc(C)cc3)cc(N3C(=O)c4ccc(C)cc4C3=O)c2)cc1. The molecule has 0 fully saturated rings. The summed E-state index contributed by atoms with van der Waals surface area (Å²) in [6, 6.07) is 23.8. The predicted octanol–water partition coefficient (Wildman–Crippen LogP) is 5.87. The summed E-state index contributed by atoms with van der Waals surface area (Å²) < 4.78 is 0. The Morgan fingerprint density at radius 1 is 0.500 bits per heavy atom. The van der Waals surface area contributed by atoms with E-state index in [1.54, 1.807) is 42.5 Å². The van der Waals surface area contributed by atoms with Crippen LogP contribution in [0.3, 0.4) is 0 Å². The molecule has 5 heteroatoms. The van der Waals surface area contributed by atoms with Crippen molar-refractivity contribution in [2.45, 2.75) is 20.8 Å². The highest BCUT2D eigenvalue weighted by molar-refractivity contribution is 6.35. The van der Waals surface area contributed by atoms with Crippen molar-refractivity contribution >= 4 is 29.1 Å². The first-order valence-electron chi connectivity index (χ1n) is 11.6. The third-order valence-corrected chi connectivity index (χ3v) is 6.37. The number of ketones is 2. The fourth-order valence-corrected chi connectivity index (χ4v) is 4.33. The summed E-state index contributed by atoms with van der Waals surface area (Å²) in [6.45, 7) is 5.70. The normalized spacial score (nSPS) is 12.6. The van der Waals surface area contributed by atoms with Crippen molar-refractivity contribution in [1.82, 2.24) is 0 Å². The molecule has 0 atom stereocenters. The first-order valence-corrected chi connectivity index (χ1v) is 11.6. The lowest BCUT2D eigenvalue weighted by atomic mass is 9.95. The maximum Gasteiger partial charge on any atom is 0.266 e. The summed E-state index contributed by atoms with van der Waals surface area (Å²) >= 11 is 0. The minimum Gasteiger partial charge on any atom is -0.289 e. The molecule has 4 aromatic carbocycles. The molecule has 5 rings (SSSR count). The lowest BCUT2D eigenvalue weighted by Gasteiger charge is -2.17. The number of carbonyl (C=O) groups excluding carboxylic acids is 4. The van der Waals surface area contributed by atoms with Gasteiger partial charge in [-0.15, -0.1) is 0 Å². The standard InChI is InChI=1S/C31H23NO4/c1-18-4-9-21(10-5-18)28(33)23-15-24(29(34)22-11-6-19(2)7-12-22)17-25(16-23)32-30(35)26-13-8-20(3)14-27(26)31(32)36/h4-17H,1-3H3. The first kappa shape index (κ1) is 23.1. The van der Waals surface area contributed by atoms with Crippen molar-refractivity contribution in [3.05, 3.63) is 135 Å². The molecule has 1 aliphatic heterocycles. The zero-order valence-corrected chi connectivity index (χ0v) is 20.2. The highest BCUT2D eigenvalue weighted by Crippen LogP contribution is 2.31. The fraction of sp³-hybridized carbons (Fsp3) is 0.0968. The Balaban J connectivity index is 1.64. The molecule has 2 amide bonds. The number of anilines is 1. The number of fused-ring (bicyclic) bond motifs is 1. The van der Waals surface area contributed by atoms with Crippen LogP contribution >= 0.6 is 0 Å². The Morgan fingerprint density at radius 2 is 0.944 bits per heavy atom. The van der Waals surface area contributed by atoms with Crippen LogP contribution in [0.5, 0.6) is 0 Å². The summed E-state index contributed by atoms with van der Waals surface area (Å²) in [5.74, 6) is -1.57. The Labute approximate surface area is 209 Å². The van der Waals surface area contributed by atoms with Gasteiger partial charge in [0.1, 0.15) is 0 Å². The average molecular weight is 474 g/mol. The van der Waals surface area contributed by atoms with Gasteiger partial charge in [-0.2, -0.15) is 0 Å². The molecule has 1 heterocycles. The van der Waals surface area contributed by atoms with Gasteiger partial charge in [0.15, 0.2) is 11.6 Å². The van der Waals surface area contributed by atoms with Crippen molar-refractivity contribution < 1.29 is 19.2 Å². The maximum absolute atomic E-state index is 13.4. The van der Waals surface area contributed by atoms with Crippen LogP contribution in [0.1, 0.15) is 69.2 Å². The van der Waals surface area contributed by atoms with Gasteiger partial charge in [0.2, 0.25) is 0 Å². The predicted molar refractivity (Wildman–Crippen MR) is 138 cm³/mol. The second kappa shape index (κ2) is 8.86. The van der Waals surface area contributed by atoms with Gasteiger partial charge in [-0.25, -0.2) is 4.90 Å². The molecule has 0 spiro atoms. The smallest absolute Gasteiger partial charge is 0.266 e. The second-order valence-electron chi connectivity index (χ2n) is 9.15. The van der Waals surface area contributed by atoms with Crippen LogP contribution in [-0.4, -0.2) is 23.4 Å². The van der Waals surface area contributed by atoms with Crippen LogP contribution in [0.4, 0.5) is 5.69 Å². The van der Waals surface area contributed by atoms with E-state index in [1.165, 1.54) is 18.2 Å². The molecule has 4 aromatic rings. The topological polar surface area (TPSA) is 71.5 Å². The van der Waals surface area contributed by atoms with E-state index in [-0.39, 0.29) is 28.4 Å². The van der Waals surface area contributed by atoms with Crippen LogP contribution < -0.4 is 4.90 Å². The van der Waals surface area contributed by atoms with Gasteiger partial charge in [0.05, 0.1) is 16.8 Å². The quantitative estimate of drug-likeness (QED) is 0.268. The number of rotatable bonds is 5. The zero-order chi connectivity index (χ0) is 25.6. The number of amides is 2. The number of benzene rings is 4. The second-order valence-corrected chi connectivity index (χ2v) is 9.15. The van der Waals surface area contributed by atoms with Gasteiger partial charge < -0.3 is 0 Å². The van der Waals surface area contributed by atoms with E-state index in [2.05, 4.69) is 0 Å². The van der Waals surface area contributed by atoms with E-state index in [9.17, 15) is 19.2 Å². The highest BCUT2D eigenvalue weighted by Gasteiger charge is 2.37. The molecule has 36 heavy (non-hydrogen) atoms. The minimum absolute atomic E-state index is 0.187. The van der Waals surface area contributed by atoms with Crippen molar-refractivity contribution in [3.63, 3.8) is 0 Å². The van der Waals surface area contributed by atoms with Crippen molar-refractivity contribution in [3.8, 4) is 0 Å². The molecule has 0 bridgehead atoms. The third-order valence-electron chi connectivity index (χ3n) is 6.37. The number of nitrogens with zero attached hydrogens (tertiary/aromatic N) is 1. The lowest BCUT2D eigenvalue weighted by molar-refractivity contribution is 0.0922. The van der Waals surface area contributed by atoms with Crippen LogP contribution in [0.25, 0.3) is 0 Å². The van der Waals surface area contributed by atoms with Crippen molar-refractivity contribution in [2.24, 2.45) is 0 Å². The Kier molecular flexibility index (Phi) is 5.69. The van der Waals surface area contributed by atoms with Crippen LogP contribution in [0, 0.1) is 20.8 Å². The number of aryl methyl sites for hydroxylation is 3. The van der Waals surface area contributed by atoms with Gasteiger partial charge in [-0.05, 0) is 51.1 Å². The van der Waals surface area contributed by atoms with Crippen LogP contribution in [-0.2, 0) is 0 Å². The van der Waals surface area contributed by atoms with Gasteiger partial charge >= 0.3 is 0 Å². The largest absolute Gasteiger partial charge is 0.289 e. The summed E-state index contributed by atoms with van der Waals surface area (Å²) in [4.78, 5) is 54.4. The highest BCUT2D eigenvalue weighted by atomic mass is 16.2. The molecule has 5 nitrogen and oxygen atoms in total. The Morgan fingerprint density at radius 3 is 1.44 bits per heavy atom. The molecule has 0 radical (unpaired) electrons. The van der Waals surface area contributed by atoms with E-state index in [0.717, 1.165) is 21.6 Å². The average Bonchev–Trinajstić information content (AvgIpc) is 3.12. The van der Waals surface area contributed by atoms with Crippen molar-refractivity contribution in [2.75, 3.05) is 4.90 Å². The van der Waals surface area contributed by atoms with E-state index in [1.807, 2.05) is 45.0 Å². The van der Waals surface area contributed by atoms with Gasteiger partial charge in [0, 0.05) is 22.3 Å². The van der Waals surface area contributed by atoms with Gasteiger partial charge in [-0.3, -0.25) is 19.2 Å². The number of imide groups is 1. The lowest BCUT2D eigenvalue weighted by Crippen LogP contribution is -2.30. The third kappa shape index (κ3) is 4.05. The van der Waals surface area contributed by atoms with Crippen LogP contribution in [0.2, 0.25) is 0 Å². The molecule has 0 aromatic heterocycles. The number of hydrogen-bond acceptors (Lipinski definition) is 4. The van der Waals surface area contributed by atoms with Crippen molar-refractivity contribution in [1.29, 1.82) is 0 Å². The summed E-state index contributed by atoms with van der Waals surface area (Å²) in [6.07, 6.45) is 0. The molecule has 0 saturated heterocycles. The Hall–Kier alpha value is -4.64. The first-order chi connectivity index (χ1) is 17.2. The van der Waals surface area contributed by atoms with E-state index in [0.29, 0.717) is 22.3 Å². The molecule has 0 unspecified atom stereocenters. The maximum atomic E-state index is 13.4. The van der Waals surface area contributed by atoms with E-state index >= 15 is 0 Å². The molecule has 0 N–H and O–H groups in total. The molecule has 1 aliphatic rings. The summed E-state index contributed by atoms with van der Waals surface area (Å²) in [7, 11) is 0. The molecule has 176 valence electrons. The zero-order valence-electron chi connectivity index (χ0n) is 20.2. The molecule has 0 aliphatic carbocycles. The van der Waals surface area contributed by atoms with E-state index in [4.69, 9.17) is 0 Å². The monoisotopic (exact) mass is 473 g/mol. The number of carbonyl (C=O) groups is 4. The number of hydrogen-bond donors (Lipinski definition) is 0. The van der Waals surface area contributed by atoms with Gasteiger partial charge in [0.25, 0.3) is 11.8 Å². The summed E-state index contributed by atoms with van der Waals surface area (Å²) in [5, 5.41) is 0. The summed E-state index contributed by atoms with van der Waals surface area (Å²) in [5.41, 5.74) is 5.01. The molecular formula is C31H23NO4.